The second-order valence-corrected chi connectivity index (χ2v) is 14.7. The van der Waals surface area contributed by atoms with E-state index in [-0.39, 0.29) is 24.7 Å². The smallest absolute Gasteiger partial charge is 0.326 e. The molecule has 1 rings (SSSR count). The third kappa shape index (κ3) is 18.5. The summed E-state index contributed by atoms with van der Waals surface area (Å²) in [5.41, 5.74) is 11.4. The van der Waals surface area contributed by atoms with Gasteiger partial charge in [0.1, 0.15) is 36.3 Å². The van der Waals surface area contributed by atoms with Crippen LogP contribution < -0.4 is 48.7 Å². The van der Waals surface area contributed by atoms with E-state index in [0.717, 1.165) is 6.08 Å². The summed E-state index contributed by atoms with van der Waals surface area (Å²) >= 11 is 0. The van der Waals surface area contributed by atoms with Crippen molar-refractivity contribution in [3.8, 4) is 0 Å². The Labute approximate surface area is 336 Å². The number of carboxylic acids is 1. The number of carbonyl (C=O) groups excluding carboxylic acids is 9. The van der Waals surface area contributed by atoms with Gasteiger partial charge in [0.15, 0.2) is 0 Å². The molecule has 1 aromatic carbocycles. The van der Waals surface area contributed by atoms with E-state index in [1.165, 1.54) is 6.92 Å². The van der Waals surface area contributed by atoms with Crippen molar-refractivity contribution in [3.63, 3.8) is 0 Å². The maximum Gasteiger partial charge on any atom is 0.326 e. The molecule has 0 aromatic heterocycles. The number of benzene rings is 1. The van der Waals surface area contributed by atoms with Crippen molar-refractivity contribution in [1.29, 1.82) is 0 Å². The van der Waals surface area contributed by atoms with Crippen LogP contribution >= 0.6 is 0 Å². The molecule has 58 heavy (non-hydrogen) atoms. The highest BCUT2D eigenvalue weighted by Gasteiger charge is 2.33. The zero-order valence-electron chi connectivity index (χ0n) is 33.8. The number of amides is 9. The maximum atomic E-state index is 13.5. The topological polar surface area (TPSA) is 327 Å². The molecule has 20 nitrogen and oxygen atoms in total. The minimum atomic E-state index is -1.60. The molecule has 9 amide bonds. The highest BCUT2D eigenvalue weighted by atomic mass is 16.4. The Bertz CT molecular complexity index is 1680. The van der Waals surface area contributed by atoms with Crippen molar-refractivity contribution in [3.05, 3.63) is 48.0 Å². The highest BCUT2D eigenvalue weighted by Crippen LogP contribution is 2.10. The average molecular weight is 816 g/mol. The summed E-state index contributed by atoms with van der Waals surface area (Å²) < 4.78 is 0. The van der Waals surface area contributed by atoms with Gasteiger partial charge >= 0.3 is 5.97 Å². The van der Waals surface area contributed by atoms with Crippen LogP contribution in [0, 0.1) is 17.8 Å². The molecule has 0 saturated carbocycles. The van der Waals surface area contributed by atoms with Gasteiger partial charge in [-0.15, -0.1) is 0 Å². The molecule has 0 radical (unpaired) electrons. The van der Waals surface area contributed by atoms with E-state index in [2.05, 4.69) is 37.2 Å². The molecule has 12 N–H and O–H groups in total. The third-order valence-electron chi connectivity index (χ3n) is 8.37. The van der Waals surface area contributed by atoms with Gasteiger partial charge in [-0.05, 0) is 36.7 Å². The lowest BCUT2D eigenvalue weighted by Crippen LogP contribution is -2.60. The van der Waals surface area contributed by atoms with E-state index in [9.17, 15) is 53.1 Å². The van der Waals surface area contributed by atoms with Crippen LogP contribution in [0.4, 0.5) is 0 Å². The first-order chi connectivity index (χ1) is 27.0. The Morgan fingerprint density at radius 1 is 0.621 bits per heavy atom. The normalized spacial score (nSPS) is 14.2. The Morgan fingerprint density at radius 2 is 1.16 bits per heavy atom. The van der Waals surface area contributed by atoms with Crippen LogP contribution in [-0.2, 0) is 54.4 Å². The van der Waals surface area contributed by atoms with Gasteiger partial charge in [0.2, 0.25) is 53.2 Å². The predicted molar refractivity (Wildman–Crippen MR) is 209 cm³/mol. The molecule has 320 valence electrons. The molecule has 0 unspecified atom stereocenters. The van der Waals surface area contributed by atoms with Gasteiger partial charge in [0.25, 0.3) is 0 Å². The molecule has 0 bridgehead atoms. The number of carboxylic acid groups (broad SMARTS) is 1. The molecule has 20 heteroatoms. The van der Waals surface area contributed by atoms with Gasteiger partial charge in [0.05, 0.1) is 13.0 Å². The zero-order valence-corrected chi connectivity index (χ0v) is 33.8. The lowest BCUT2D eigenvalue weighted by atomic mass is 9.98. The number of hydrogen-bond acceptors (Lipinski definition) is 10. The van der Waals surface area contributed by atoms with E-state index in [0.29, 0.717) is 11.6 Å². The number of carbonyl (C=O) groups is 10. The van der Waals surface area contributed by atoms with Crippen LogP contribution in [0.1, 0.15) is 66.9 Å². The molecule has 0 heterocycles. The van der Waals surface area contributed by atoms with E-state index in [4.69, 9.17) is 11.5 Å². The van der Waals surface area contributed by atoms with Gasteiger partial charge in [-0.2, -0.15) is 0 Å². The van der Waals surface area contributed by atoms with Crippen molar-refractivity contribution in [2.24, 2.45) is 29.2 Å². The maximum absolute atomic E-state index is 13.5. The number of hydrogen-bond donors (Lipinski definition) is 10. The highest BCUT2D eigenvalue weighted by molar-refractivity contribution is 6.01. The fraction of sp³-hybridized carbons (Fsp3) is 0.526. The summed E-state index contributed by atoms with van der Waals surface area (Å²) in [6, 6.07) is 1.12. The zero-order chi connectivity index (χ0) is 44.3. The first-order valence-electron chi connectivity index (χ1n) is 18.6. The summed E-state index contributed by atoms with van der Waals surface area (Å²) in [4.78, 5) is 125. The summed E-state index contributed by atoms with van der Waals surface area (Å²) in [5, 5.41) is 26.2. The van der Waals surface area contributed by atoms with Crippen LogP contribution in [0.25, 0.3) is 0 Å². The van der Waals surface area contributed by atoms with Gasteiger partial charge in [-0.1, -0.05) is 71.9 Å². The number of aliphatic carboxylic acids is 1. The molecule has 0 aliphatic carbocycles. The molecule has 0 spiro atoms. The average Bonchev–Trinajstić information content (AvgIpc) is 3.12. The molecular formula is C38H57N9O11. The van der Waals surface area contributed by atoms with Crippen LogP contribution in [0.2, 0.25) is 0 Å². The third-order valence-corrected chi connectivity index (χ3v) is 8.37. The first kappa shape index (κ1) is 49.7. The van der Waals surface area contributed by atoms with Gasteiger partial charge in [0, 0.05) is 18.6 Å². The summed E-state index contributed by atoms with van der Waals surface area (Å²) in [5.74, 6) is -9.94. The lowest BCUT2D eigenvalue weighted by molar-refractivity contribution is -0.141. The van der Waals surface area contributed by atoms with E-state index >= 15 is 0 Å². The van der Waals surface area contributed by atoms with Crippen LogP contribution in [-0.4, -0.2) is 107 Å². The van der Waals surface area contributed by atoms with Crippen molar-refractivity contribution in [2.75, 3.05) is 6.54 Å². The fourth-order valence-electron chi connectivity index (χ4n) is 5.30. The largest absolute Gasteiger partial charge is 0.480 e. The quantitative estimate of drug-likeness (QED) is 0.0492. The monoisotopic (exact) mass is 815 g/mol. The summed E-state index contributed by atoms with van der Waals surface area (Å²) in [7, 11) is 0. The van der Waals surface area contributed by atoms with Crippen molar-refractivity contribution < 1.29 is 53.1 Å². The molecule has 0 aliphatic heterocycles. The van der Waals surface area contributed by atoms with E-state index in [1.54, 1.807) is 71.9 Å². The van der Waals surface area contributed by atoms with Crippen molar-refractivity contribution in [1.82, 2.24) is 37.2 Å². The second kappa shape index (κ2) is 24.3. The Hall–Kier alpha value is -6.34. The Morgan fingerprint density at radius 3 is 1.66 bits per heavy atom. The van der Waals surface area contributed by atoms with Crippen LogP contribution in [0.5, 0.6) is 0 Å². The predicted octanol–water partition coefficient (Wildman–Crippen LogP) is -2.37. The van der Waals surface area contributed by atoms with Gasteiger partial charge < -0.3 is 53.8 Å². The van der Waals surface area contributed by atoms with Crippen molar-refractivity contribution >= 4 is 59.1 Å². The SMILES string of the molecule is CC(C)C[C@H](NC(=O)[C@H](CC(N)=O)NC(=O)/C=C/C(=O)N[C@@H](C)C(=O)NCC(=O)N[C@@H](Cc1ccccc1)C(=O)O)C(=O)N[C@H](C(=O)N[C@H](C(N)=O)C(C)C)C(C)C. The molecule has 0 aliphatic rings. The van der Waals surface area contributed by atoms with Gasteiger partial charge in [-0.25, -0.2) is 4.79 Å². The van der Waals surface area contributed by atoms with Crippen molar-refractivity contribution in [2.45, 2.75) is 104 Å². The van der Waals surface area contributed by atoms with Crippen LogP contribution in [0.3, 0.4) is 0 Å². The lowest BCUT2D eigenvalue weighted by Gasteiger charge is -2.29. The number of nitrogens with one attached hydrogen (secondary N) is 7. The second-order valence-electron chi connectivity index (χ2n) is 14.7. The standard InChI is InChI=1S/C38H57N9O11/c1-19(2)15-24(36(55)47-32(21(5)6)37(56)46-31(20(3)4)33(40)52)45-35(54)25(17-27(39)48)43-29(50)14-13-28(49)42-22(7)34(53)41-18-30(51)44-26(38(57)58)16-23-11-9-8-10-12-23/h8-14,19-22,24-26,31-32H,15-18H2,1-7H3,(H2,39,48)(H2,40,52)(H,41,53)(H,42,49)(H,43,50)(H,44,51)(H,45,54)(H,46,56)(H,47,55)(H,57,58)/b14-13+/t22-,24-,25-,26-,31-,32-/m0/s1. The Balaban J connectivity index is 2.89. The number of nitrogens with two attached hydrogens (primary N) is 2. The van der Waals surface area contributed by atoms with E-state index < -0.39 is 114 Å². The molecule has 6 atom stereocenters. The van der Waals surface area contributed by atoms with E-state index in [1.807, 2.05) is 0 Å². The fourth-order valence-corrected chi connectivity index (χ4v) is 5.30. The number of rotatable bonds is 24. The van der Waals surface area contributed by atoms with Gasteiger partial charge in [-0.3, -0.25) is 43.2 Å². The Kier molecular flexibility index (Phi) is 20.8. The molecular weight excluding hydrogens is 758 g/mol. The minimum Gasteiger partial charge on any atom is -0.480 e. The minimum absolute atomic E-state index is 0.00689. The summed E-state index contributed by atoms with van der Waals surface area (Å²) in [6.45, 7) is 10.9. The summed E-state index contributed by atoms with van der Waals surface area (Å²) in [6.07, 6.45) is 0.838. The molecule has 1 aromatic rings. The molecule has 0 fully saturated rings. The molecule has 0 saturated heterocycles. The number of primary amides is 2. The van der Waals surface area contributed by atoms with Crippen LogP contribution in [0.15, 0.2) is 42.5 Å². The first-order valence-corrected chi connectivity index (χ1v) is 18.6.